The average Bonchev–Trinajstić information content (AvgIpc) is 2.58. The van der Waals surface area contributed by atoms with E-state index in [0.717, 1.165) is 0 Å². The van der Waals surface area contributed by atoms with Crippen molar-refractivity contribution in [3.63, 3.8) is 0 Å². The maximum absolute atomic E-state index is 12.1. The van der Waals surface area contributed by atoms with Gasteiger partial charge in [-0.1, -0.05) is 6.08 Å². The summed E-state index contributed by atoms with van der Waals surface area (Å²) in [5.74, 6) is -1.20. The van der Waals surface area contributed by atoms with Crippen LogP contribution in [0.5, 0.6) is 0 Å². The van der Waals surface area contributed by atoms with Crippen LogP contribution in [0.2, 0.25) is 0 Å². The van der Waals surface area contributed by atoms with Gasteiger partial charge in [0, 0.05) is 18.6 Å². The topological polar surface area (TPSA) is 95.8 Å². The predicted molar refractivity (Wildman–Crippen MR) is 101 cm³/mol. The van der Waals surface area contributed by atoms with Gasteiger partial charge in [0.1, 0.15) is 11.9 Å². The summed E-state index contributed by atoms with van der Waals surface area (Å²) in [4.78, 5) is 41.7. The van der Waals surface area contributed by atoms with Gasteiger partial charge in [-0.05, 0) is 52.0 Å². The highest BCUT2D eigenvalue weighted by Crippen LogP contribution is 2.11. The Morgan fingerprint density at radius 3 is 2.59 bits per heavy atom. The summed E-state index contributed by atoms with van der Waals surface area (Å²) >= 11 is 0. The van der Waals surface area contributed by atoms with Crippen LogP contribution in [0, 0.1) is 0 Å². The van der Waals surface area contributed by atoms with Gasteiger partial charge < -0.3 is 14.4 Å². The molecule has 0 aliphatic carbocycles. The highest BCUT2D eigenvalue weighted by Gasteiger charge is 2.26. The number of ether oxygens (including phenoxy) is 2. The number of aliphatic imine (C=N–C) groups is 2. The van der Waals surface area contributed by atoms with Crippen molar-refractivity contribution in [3.8, 4) is 0 Å². The van der Waals surface area contributed by atoms with Crippen LogP contribution in [-0.4, -0.2) is 42.8 Å². The number of rotatable bonds is 3. The van der Waals surface area contributed by atoms with Crippen molar-refractivity contribution in [2.24, 2.45) is 9.98 Å². The molecule has 1 rings (SSSR count). The molecule has 1 atom stereocenters. The number of allylic oxidation sites excluding steroid dienone is 4. The molecule has 8 nitrogen and oxygen atoms in total. The Labute approximate surface area is 158 Å². The van der Waals surface area contributed by atoms with Gasteiger partial charge >= 0.3 is 11.9 Å². The lowest BCUT2D eigenvalue weighted by Gasteiger charge is -2.21. The fraction of sp³-hybridized carbons (Fsp3) is 0.368. The van der Waals surface area contributed by atoms with Gasteiger partial charge in [-0.2, -0.15) is 0 Å². The third-order valence-electron chi connectivity index (χ3n) is 2.59. The Balaban J connectivity index is 2.92. The zero-order valence-corrected chi connectivity index (χ0v) is 15.8. The third kappa shape index (κ3) is 9.91. The molecule has 1 aliphatic heterocycles. The van der Waals surface area contributed by atoms with Gasteiger partial charge in [0.2, 0.25) is 0 Å². The van der Waals surface area contributed by atoms with Crippen molar-refractivity contribution >= 4 is 24.4 Å². The molecule has 0 aromatic rings. The maximum Gasteiger partial charge on any atom is 0.363 e. The molecule has 0 saturated carbocycles. The largest absolute Gasteiger partial charge is 0.462 e. The van der Waals surface area contributed by atoms with Gasteiger partial charge in [-0.25, -0.2) is 14.6 Å². The van der Waals surface area contributed by atoms with Crippen LogP contribution < -0.4 is 0 Å². The van der Waals surface area contributed by atoms with E-state index in [1.54, 1.807) is 33.8 Å². The molecule has 0 bridgehead atoms. The van der Waals surface area contributed by atoms with E-state index in [2.05, 4.69) is 9.98 Å². The molecule has 0 radical (unpaired) electrons. The summed E-state index contributed by atoms with van der Waals surface area (Å²) in [5, 5.41) is 0. The summed E-state index contributed by atoms with van der Waals surface area (Å²) in [6.45, 7) is 7.17. The van der Waals surface area contributed by atoms with E-state index in [4.69, 9.17) is 19.2 Å². The smallest absolute Gasteiger partial charge is 0.363 e. The highest BCUT2D eigenvalue weighted by atomic mass is 17.2. The zero-order valence-electron chi connectivity index (χ0n) is 15.8. The lowest BCUT2D eigenvalue weighted by Crippen LogP contribution is -2.32. The van der Waals surface area contributed by atoms with Crippen LogP contribution in [0.3, 0.4) is 0 Å². The molecule has 0 aromatic heterocycles. The van der Waals surface area contributed by atoms with E-state index in [1.165, 1.54) is 49.2 Å². The number of carbonyl (C=O) groups is 2. The van der Waals surface area contributed by atoms with Crippen molar-refractivity contribution in [3.05, 3.63) is 48.4 Å². The quantitative estimate of drug-likeness (QED) is 0.555. The molecule has 0 spiro atoms. The average molecular weight is 376 g/mol. The number of hydrogen-bond acceptors (Lipinski definition) is 8. The summed E-state index contributed by atoms with van der Waals surface area (Å²) in [5.41, 5.74) is -0.439. The first kappa shape index (κ1) is 22.0. The van der Waals surface area contributed by atoms with Crippen molar-refractivity contribution in [2.75, 3.05) is 6.61 Å². The molecule has 0 saturated heterocycles. The monoisotopic (exact) mass is 376 g/mol. The van der Waals surface area contributed by atoms with Gasteiger partial charge in [-0.15, -0.1) is 4.89 Å². The first-order valence-corrected chi connectivity index (χ1v) is 8.30. The number of hydrogen-bond donors (Lipinski definition) is 0. The summed E-state index contributed by atoms with van der Waals surface area (Å²) in [7, 11) is 0. The normalized spacial score (nSPS) is 18.1. The second-order valence-electron chi connectivity index (χ2n) is 6.05. The lowest BCUT2D eigenvalue weighted by molar-refractivity contribution is -0.282. The first-order valence-electron chi connectivity index (χ1n) is 8.30. The minimum Gasteiger partial charge on any atom is -0.462 e. The Morgan fingerprint density at radius 2 is 1.89 bits per heavy atom. The Bertz CT molecular complexity index is 681. The lowest BCUT2D eigenvalue weighted by atomic mass is 10.2. The molecule has 0 N–H and O–H groups in total. The molecular weight excluding hydrogens is 352 g/mol. The molecule has 1 heterocycles. The van der Waals surface area contributed by atoms with E-state index in [-0.39, 0.29) is 12.2 Å². The first-order chi connectivity index (χ1) is 12.8. The minimum atomic E-state index is -1.29. The Kier molecular flexibility index (Phi) is 9.46. The van der Waals surface area contributed by atoms with Crippen LogP contribution in [0.4, 0.5) is 0 Å². The van der Waals surface area contributed by atoms with Crippen LogP contribution in [-0.2, 0) is 28.8 Å². The van der Waals surface area contributed by atoms with Crippen molar-refractivity contribution in [1.82, 2.24) is 0 Å². The van der Waals surface area contributed by atoms with Crippen LogP contribution >= 0.6 is 0 Å². The third-order valence-corrected chi connectivity index (χ3v) is 2.59. The second-order valence-corrected chi connectivity index (χ2v) is 6.05. The Hall–Kier alpha value is -3.00. The number of esters is 2. The van der Waals surface area contributed by atoms with E-state index in [1.807, 2.05) is 0 Å². The van der Waals surface area contributed by atoms with Crippen molar-refractivity contribution in [1.29, 1.82) is 0 Å². The SMILES string of the molecule is CCOC(=O)C1=CN=CC=CC=NC(C(=O)OC(C)(C)C)OOC=CC=C1. The standard InChI is InChI=1S/C19H24N2O6/c1-5-24-17(22)15-10-6-9-13-25-27-16(18(23)26-19(2,3)4)21-12-8-7-11-20-14-15/h6-14,16H,5H2,1-4H3. The van der Waals surface area contributed by atoms with E-state index >= 15 is 0 Å². The zero-order chi connectivity index (χ0) is 20.1. The molecular formula is C19H24N2O6. The van der Waals surface area contributed by atoms with Crippen molar-refractivity contribution < 1.29 is 28.8 Å². The molecule has 1 aliphatic rings. The van der Waals surface area contributed by atoms with E-state index < -0.39 is 23.8 Å². The highest BCUT2D eigenvalue weighted by molar-refractivity contribution is 5.92. The number of carbonyl (C=O) groups excluding carboxylic acids is 2. The molecule has 27 heavy (non-hydrogen) atoms. The van der Waals surface area contributed by atoms with Crippen LogP contribution in [0.15, 0.2) is 58.4 Å². The van der Waals surface area contributed by atoms with Gasteiger partial charge in [0.25, 0.3) is 6.23 Å². The molecule has 8 heteroatoms. The van der Waals surface area contributed by atoms with Crippen LogP contribution in [0.1, 0.15) is 27.7 Å². The van der Waals surface area contributed by atoms with E-state index in [0.29, 0.717) is 0 Å². The Morgan fingerprint density at radius 1 is 1.15 bits per heavy atom. The molecule has 0 fully saturated rings. The number of nitrogens with zero attached hydrogens (tertiary/aromatic N) is 2. The van der Waals surface area contributed by atoms with Crippen LogP contribution in [0.25, 0.3) is 0 Å². The summed E-state index contributed by atoms with van der Waals surface area (Å²) in [6.07, 6.45) is 11.7. The molecule has 1 unspecified atom stereocenters. The summed E-state index contributed by atoms with van der Waals surface area (Å²) < 4.78 is 10.2. The predicted octanol–water partition coefficient (Wildman–Crippen LogP) is 2.83. The molecule has 146 valence electrons. The van der Waals surface area contributed by atoms with E-state index in [9.17, 15) is 9.59 Å². The minimum absolute atomic E-state index is 0.252. The summed E-state index contributed by atoms with van der Waals surface area (Å²) in [6, 6.07) is 0. The van der Waals surface area contributed by atoms with Gasteiger partial charge in [0.15, 0.2) is 0 Å². The van der Waals surface area contributed by atoms with Gasteiger partial charge in [0.05, 0.1) is 12.2 Å². The van der Waals surface area contributed by atoms with Gasteiger partial charge in [-0.3, -0.25) is 4.99 Å². The molecule has 0 amide bonds. The second kappa shape index (κ2) is 11.6. The van der Waals surface area contributed by atoms with Crippen molar-refractivity contribution in [2.45, 2.75) is 39.5 Å². The maximum atomic E-state index is 12.1. The molecule has 0 aromatic carbocycles. The fourth-order valence-corrected chi connectivity index (χ4v) is 1.58. The fourth-order valence-electron chi connectivity index (χ4n) is 1.58.